The molecule has 114 valence electrons. The molecule has 0 bridgehead atoms. The fourth-order valence-corrected chi connectivity index (χ4v) is 3.10. The van der Waals surface area contributed by atoms with Crippen LogP contribution in [-0.4, -0.2) is 25.9 Å². The molecule has 0 aliphatic carbocycles. The van der Waals surface area contributed by atoms with E-state index in [9.17, 15) is 5.11 Å². The molecule has 2 aromatic rings. The van der Waals surface area contributed by atoms with E-state index < -0.39 is 11.7 Å². The van der Waals surface area contributed by atoms with Crippen molar-refractivity contribution in [2.24, 2.45) is 0 Å². The zero-order valence-corrected chi connectivity index (χ0v) is 12.3. The maximum absolute atomic E-state index is 11.1. The second kappa shape index (κ2) is 4.55. The second-order valence-electron chi connectivity index (χ2n) is 5.48. The minimum atomic E-state index is -1.19. The van der Waals surface area contributed by atoms with Crippen molar-refractivity contribution in [2.45, 2.75) is 11.7 Å². The summed E-state index contributed by atoms with van der Waals surface area (Å²) < 4.78 is 22.2. The van der Waals surface area contributed by atoms with E-state index in [2.05, 4.69) is 0 Å². The zero-order chi connectivity index (χ0) is 15.3. The van der Waals surface area contributed by atoms with Gasteiger partial charge in [0.05, 0.1) is 14.2 Å². The highest BCUT2D eigenvalue weighted by Gasteiger charge is 2.53. The van der Waals surface area contributed by atoms with Crippen LogP contribution in [0.25, 0.3) is 0 Å². The third-order valence-electron chi connectivity index (χ3n) is 4.28. The molecule has 0 amide bonds. The van der Waals surface area contributed by atoms with Gasteiger partial charge in [0.25, 0.3) is 0 Å². The third kappa shape index (κ3) is 1.69. The van der Waals surface area contributed by atoms with Crippen molar-refractivity contribution >= 4 is 0 Å². The highest BCUT2D eigenvalue weighted by molar-refractivity contribution is 5.54. The van der Waals surface area contributed by atoms with Crippen LogP contribution >= 0.6 is 0 Å². The van der Waals surface area contributed by atoms with Gasteiger partial charge in [-0.2, -0.15) is 0 Å². The van der Waals surface area contributed by atoms with Gasteiger partial charge in [0.15, 0.2) is 11.7 Å². The summed E-state index contributed by atoms with van der Waals surface area (Å²) >= 11 is 0. The SMILES string of the molecule is COc1ccc2c(c1)OC[C@@]1(O)c3ccc(OC)cc3O[C@H]21. The lowest BCUT2D eigenvalue weighted by Gasteiger charge is -2.34. The quantitative estimate of drug-likeness (QED) is 0.923. The van der Waals surface area contributed by atoms with Crippen LogP contribution in [-0.2, 0) is 5.60 Å². The lowest BCUT2D eigenvalue weighted by atomic mass is 9.85. The Kier molecular flexibility index (Phi) is 2.74. The minimum Gasteiger partial charge on any atom is -0.497 e. The van der Waals surface area contributed by atoms with Crippen LogP contribution < -0.4 is 18.9 Å². The molecule has 4 rings (SSSR count). The van der Waals surface area contributed by atoms with Crippen LogP contribution in [0.2, 0.25) is 0 Å². The number of aliphatic hydroxyl groups is 1. The summed E-state index contributed by atoms with van der Waals surface area (Å²) in [5, 5.41) is 11.1. The average Bonchev–Trinajstić information content (AvgIpc) is 2.86. The number of methoxy groups -OCH3 is 2. The van der Waals surface area contributed by atoms with Crippen LogP contribution in [0.1, 0.15) is 17.2 Å². The normalized spacial score (nSPS) is 24.4. The fourth-order valence-electron chi connectivity index (χ4n) is 3.10. The predicted octanol–water partition coefficient (Wildman–Crippen LogP) is 2.42. The molecule has 22 heavy (non-hydrogen) atoms. The monoisotopic (exact) mass is 300 g/mol. The Morgan fingerprint density at radius 2 is 1.73 bits per heavy atom. The summed E-state index contributed by atoms with van der Waals surface area (Å²) in [4.78, 5) is 0. The molecule has 2 aromatic carbocycles. The summed E-state index contributed by atoms with van der Waals surface area (Å²) in [6.45, 7) is 0.136. The molecule has 0 spiro atoms. The minimum absolute atomic E-state index is 0.136. The van der Waals surface area contributed by atoms with E-state index in [-0.39, 0.29) is 6.61 Å². The summed E-state index contributed by atoms with van der Waals surface area (Å²) in [6, 6.07) is 10.9. The molecule has 5 heteroatoms. The maximum Gasteiger partial charge on any atom is 0.168 e. The molecule has 2 aliphatic heterocycles. The lowest BCUT2D eigenvalue weighted by molar-refractivity contribution is -0.0864. The van der Waals surface area contributed by atoms with Crippen LogP contribution in [0.3, 0.4) is 0 Å². The summed E-state index contributed by atoms with van der Waals surface area (Å²) in [6.07, 6.45) is -0.496. The smallest absolute Gasteiger partial charge is 0.168 e. The van der Waals surface area contributed by atoms with E-state index >= 15 is 0 Å². The maximum atomic E-state index is 11.1. The van der Waals surface area contributed by atoms with Gasteiger partial charge in [-0.05, 0) is 24.3 Å². The number of fused-ring (bicyclic) bond motifs is 5. The first-order valence-corrected chi connectivity index (χ1v) is 7.04. The Balaban J connectivity index is 1.81. The first-order valence-electron chi connectivity index (χ1n) is 7.04. The zero-order valence-electron chi connectivity index (χ0n) is 12.3. The molecule has 0 unspecified atom stereocenters. The Morgan fingerprint density at radius 3 is 2.45 bits per heavy atom. The van der Waals surface area contributed by atoms with Crippen LogP contribution in [0.4, 0.5) is 0 Å². The lowest BCUT2D eigenvalue weighted by Crippen LogP contribution is -2.41. The van der Waals surface area contributed by atoms with Crippen LogP contribution in [0, 0.1) is 0 Å². The molecular weight excluding hydrogens is 284 g/mol. The molecule has 0 saturated heterocycles. The number of benzene rings is 2. The molecular formula is C17H16O5. The second-order valence-corrected chi connectivity index (χ2v) is 5.48. The van der Waals surface area contributed by atoms with Crippen molar-refractivity contribution in [3.63, 3.8) is 0 Å². The van der Waals surface area contributed by atoms with Gasteiger partial charge in [-0.25, -0.2) is 0 Å². The van der Waals surface area contributed by atoms with Gasteiger partial charge in [0, 0.05) is 23.3 Å². The van der Waals surface area contributed by atoms with Crippen molar-refractivity contribution < 1.29 is 24.1 Å². The van der Waals surface area contributed by atoms with E-state index in [1.807, 2.05) is 30.3 Å². The van der Waals surface area contributed by atoms with Crippen molar-refractivity contribution in [2.75, 3.05) is 20.8 Å². The highest BCUT2D eigenvalue weighted by atomic mass is 16.5. The highest BCUT2D eigenvalue weighted by Crippen LogP contribution is 2.54. The van der Waals surface area contributed by atoms with Crippen LogP contribution in [0.5, 0.6) is 23.0 Å². The van der Waals surface area contributed by atoms with Gasteiger partial charge in [-0.15, -0.1) is 0 Å². The Labute approximate surface area is 128 Å². The van der Waals surface area contributed by atoms with Crippen molar-refractivity contribution in [1.29, 1.82) is 0 Å². The summed E-state index contributed by atoms with van der Waals surface area (Å²) in [7, 11) is 3.21. The van der Waals surface area contributed by atoms with Gasteiger partial charge in [-0.3, -0.25) is 0 Å². The average molecular weight is 300 g/mol. The molecule has 0 radical (unpaired) electrons. The molecule has 1 N–H and O–H groups in total. The number of hydrogen-bond donors (Lipinski definition) is 1. The Hall–Kier alpha value is -2.40. The van der Waals surface area contributed by atoms with E-state index in [0.717, 1.165) is 11.1 Å². The first-order chi connectivity index (χ1) is 10.7. The van der Waals surface area contributed by atoms with Gasteiger partial charge >= 0.3 is 0 Å². The van der Waals surface area contributed by atoms with Gasteiger partial charge in [0.1, 0.15) is 29.6 Å². The van der Waals surface area contributed by atoms with E-state index in [0.29, 0.717) is 23.0 Å². The van der Waals surface area contributed by atoms with E-state index in [4.69, 9.17) is 18.9 Å². The first kappa shape index (κ1) is 13.3. The van der Waals surface area contributed by atoms with Gasteiger partial charge in [0.2, 0.25) is 0 Å². The number of ether oxygens (including phenoxy) is 4. The standard InChI is InChI=1S/C17H16O5/c1-19-10-3-5-12-14(7-10)21-9-17(18)13-6-4-11(20-2)8-15(13)22-16(12)17/h3-8,16,18H,9H2,1-2H3/t16-,17-/m1/s1. The molecule has 2 aliphatic rings. The van der Waals surface area contributed by atoms with Crippen LogP contribution in [0.15, 0.2) is 36.4 Å². The van der Waals surface area contributed by atoms with Crippen molar-refractivity contribution in [1.82, 2.24) is 0 Å². The van der Waals surface area contributed by atoms with E-state index in [1.54, 1.807) is 20.3 Å². The van der Waals surface area contributed by atoms with Crippen molar-refractivity contribution in [3.05, 3.63) is 47.5 Å². The fraction of sp³-hybridized carbons (Fsp3) is 0.294. The number of hydrogen-bond acceptors (Lipinski definition) is 5. The summed E-state index contributed by atoms with van der Waals surface area (Å²) in [5.41, 5.74) is 0.341. The molecule has 0 fully saturated rings. The van der Waals surface area contributed by atoms with Gasteiger partial charge < -0.3 is 24.1 Å². The topological polar surface area (TPSA) is 57.2 Å². The molecule has 2 heterocycles. The molecule has 0 aromatic heterocycles. The van der Waals surface area contributed by atoms with E-state index in [1.165, 1.54) is 0 Å². The molecule has 2 atom stereocenters. The Morgan fingerprint density at radius 1 is 1.05 bits per heavy atom. The third-order valence-corrected chi connectivity index (χ3v) is 4.28. The number of rotatable bonds is 2. The van der Waals surface area contributed by atoms with Crippen molar-refractivity contribution in [3.8, 4) is 23.0 Å². The van der Waals surface area contributed by atoms with Gasteiger partial charge in [-0.1, -0.05) is 0 Å². The summed E-state index contributed by atoms with van der Waals surface area (Å²) in [5.74, 6) is 2.70. The molecule has 5 nitrogen and oxygen atoms in total. The Bertz CT molecular complexity index is 742. The predicted molar refractivity (Wildman–Crippen MR) is 78.7 cm³/mol. The molecule has 0 saturated carbocycles. The largest absolute Gasteiger partial charge is 0.497 e.